The third-order valence-corrected chi connectivity index (χ3v) is 9.78. The Labute approximate surface area is 317 Å². The second-order valence-electron chi connectivity index (χ2n) is 13.6. The Kier molecular flexibility index (Phi) is 12.5. The number of nitriles is 1. The molecule has 6 aromatic rings. The van der Waals surface area contributed by atoms with Crippen molar-refractivity contribution in [3.8, 4) is 50.6 Å². The van der Waals surface area contributed by atoms with Crippen LogP contribution in [0.15, 0.2) is 109 Å². The average molecular weight is 743 g/mol. The molecule has 6 aromatic carbocycles. The Morgan fingerprint density at radius 3 is 1.16 bits per heavy atom. The third kappa shape index (κ3) is 9.34. The highest BCUT2D eigenvalue weighted by molar-refractivity contribution is 5.74. The maximum Gasteiger partial charge on any atom is 0.187 e. The lowest BCUT2D eigenvalue weighted by Crippen LogP contribution is -1.97. The van der Waals surface area contributed by atoms with Gasteiger partial charge in [-0.05, 0) is 108 Å². The van der Waals surface area contributed by atoms with Crippen molar-refractivity contribution in [2.75, 3.05) is 0 Å². The van der Waals surface area contributed by atoms with Gasteiger partial charge in [0.25, 0.3) is 0 Å². The monoisotopic (exact) mass is 742 g/mol. The topological polar surface area (TPSA) is 28.1 Å². The molecule has 0 aliphatic rings. The highest BCUT2D eigenvalue weighted by atomic mass is 19.2. The first-order valence-corrected chi connectivity index (χ1v) is 18.2. The molecule has 0 saturated heterocycles. The van der Waals surface area contributed by atoms with E-state index >= 15 is 17.6 Å². The first-order valence-electron chi connectivity index (χ1n) is 18.2. The van der Waals surface area contributed by atoms with E-state index in [1.54, 1.807) is 48.5 Å². The first kappa shape index (κ1) is 38.6. The number of unbranched alkanes of at least 4 members (excludes halogenated alkanes) is 6. The summed E-state index contributed by atoms with van der Waals surface area (Å²) < 4.78 is 90.3. The number of aryl methyl sites for hydroxylation is 2. The molecule has 0 radical (unpaired) electrons. The molecule has 0 spiro atoms. The number of benzene rings is 6. The number of hydrogen-bond donors (Lipinski definition) is 0. The van der Waals surface area contributed by atoms with E-state index in [4.69, 9.17) is 11.8 Å². The van der Waals surface area contributed by atoms with E-state index in [1.807, 2.05) is 6.07 Å². The van der Waals surface area contributed by atoms with Crippen molar-refractivity contribution in [3.05, 3.63) is 172 Å². The normalized spacial score (nSPS) is 11.0. The summed E-state index contributed by atoms with van der Waals surface area (Å²) in [5.74, 6) is -4.24. The zero-order valence-corrected chi connectivity index (χ0v) is 29.9. The predicted molar refractivity (Wildman–Crippen MR) is 205 cm³/mol. The van der Waals surface area contributed by atoms with Gasteiger partial charge in [-0.3, -0.25) is 0 Å². The van der Waals surface area contributed by atoms with Gasteiger partial charge in [0.1, 0.15) is 34.9 Å². The lowest BCUT2D eigenvalue weighted by molar-refractivity contribution is 0.566. The Balaban J connectivity index is 0.929. The van der Waals surface area contributed by atoms with Gasteiger partial charge in [0.15, 0.2) is 5.69 Å². The van der Waals surface area contributed by atoms with E-state index < -0.39 is 34.9 Å². The summed E-state index contributed by atoms with van der Waals surface area (Å²) in [6.07, 6.45) is 7.09. The minimum absolute atomic E-state index is 0.101. The molecule has 276 valence electrons. The molecule has 0 unspecified atom stereocenters. The van der Waals surface area contributed by atoms with Gasteiger partial charge >= 0.3 is 0 Å². The SMILES string of the molecule is [C-]#[N+]c1ccc(-c2ccc(-c3c(F)cc(CCCCCCCCCc4cc(F)c(-c5ccc(-c6ccc(C#N)cc6)c(F)c5)c(F)c4)cc3F)cc2F)cc1. The van der Waals surface area contributed by atoms with Crippen LogP contribution in [0.5, 0.6) is 0 Å². The van der Waals surface area contributed by atoms with Crippen LogP contribution < -0.4 is 0 Å². The second-order valence-corrected chi connectivity index (χ2v) is 13.6. The molecule has 6 rings (SSSR count). The van der Waals surface area contributed by atoms with Crippen LogP contribution in [0.25, 0.3) is 49.4 Å². The van der Waals surface area contributed by atoms with Crippen molar-refractivity contribution in [3.63, 3.8) is 0 Å². The third-order valence-electron chi connectivity index (χ3n) is 9.78. The molecule has 0 heterocycles. The van der Waals surface area contributed by atoms with Crippen LogP contribution in [-0.2, 0) is 12.8 Å². The molecule has 0 atom stereocenters. The lowest BCUT2D eigenvalue weighted by atomic mass is 9.96. The zero-order chi connectivity index (χ0) is 38.9. The van der Waals surface area contributed by atoms with Crippen LogP contribution in [0.4, 0.5) is 32.0 Å². The van der Waals surface area contributed by atoms with Crippen molar-refractivity contribution < 1.29 is 26.3 Å². The van der Waals surface area contributed by atoms with Crippen molar-refractivity contribution in [2.24, 2.45) is 0 Å². The quantitative estimate of drug-likeness (QED) is 0.0620. The van der Waals surface area contributed by atoms with E-state index in [9.17, 15) is 8.78 Å². The van der Waals surface area contributed by atoms with Gasteiger partial charge in [0.2, 0.25) is 0 Å². The Morgan fingerprint density at radius 2 is 0.800 bits per heavy atom. The fourth-order valence-corrected chi connectivity index (χ4v) is 6.88. The Morgan fingerprint density at radius 1 is 0.436 bits per heavy atom. The molecule has 0 aromatic heterocycles. The van der Waals surface area contributed by atoms with E-state index in [-0.39, 0.29) is 33.4 Å². The molecule has 0 aliphatic heterocycles. The average Bonchev–Trinajstić information content (AvgIpc) is 3.17. The van der Waals surface area contributed by atoms with Crippen LogP contribution >= 0.6 is 0 Å². The Hall–Kier alpha value is -6.12. The number of nitrogens with zero attached hydrogens (tertiary/aromatic N) is 2. The van der Waals surface area contributed by atoms with Gasteiger partial charge in [-0.15, -0.1) is 0 Å². The lowest BCUT2D eigenvalue weighted by Gasteiger charge is -2.11. The Bertz CT molecular complexity index is 2170. The molecule has 0 N–H and O–H groups in total. The summed E-state index contributed by atoms with van der Waals surface area (Å²) in [7, 11) is 0. The van der Waals surface area contributed by atoms with E-state index in [1.165, 1.54) is 48.5 Å². The number of rotatable bonds is 14. The van der Waals surface area contributed by atoms with Crippen LogP contribution in [0, 0.1) is 52.8 Å². The smallest absolute Gasteiger partial charge is 0.187 e. The van der Waals surface area contributed by atoms with Gasteiger partial charge in [0, 0.05) is 11.1 Å². The van der Waals surface area contributed by atoms with Crippen molar-refractivity contribution in [1.29, 1.82) is 5.26 Å². The maximum absolute atomic E-state index is 15.1. The van der Waals surface area contributed by atoms with Gasteiger partial charge in [-0.2, -0.15) is 5.26 Å². The highest BCUT2D eigenvalue weighted by Gasteiger charge is 2.18. The van der Waals surface area contributed by atoms with Gasteiger partial charge in [-0.25, -0.2) is 31.2 Å². The van der Waals surface area contributed by atoms with E-state index in [2.05, 4.69) is 4.85 Å². The minimum Gasteiger partial charge on any atom is -0.238 e. The molecule has 0 saturated carbocycles. The standard InChI is InChI=1S/C47H36F6N2/c1-55-37-19-15-34(16-20-37)39-22-18-36(28-41(39)49)47-44(52)25-32(26-45(47)53)10-8-6-4-2-3-5-7-9-31-23-42(50)46(43(51)24-31)35-17-21-38(40(48)27-35)33-13-11-30(29-54)12-14-33/h11-28H,2-10H2. The molecule has 8 heteroatoms. The largest absolute Gasteiger partial charge is 0.238 e. The van der Waals surface area contributed by atoms with E-state index in [0.29, 0.717) is 46.3 Å². The molecule has 0 fully saturated rings. The predicted octanol–water partition coefficient (Wildman–Crippen LogP) is 14.1. The summed E-state index contributed by atoms with van der Waals surface area (Å²) in [6, 6.07) is 28.2. The zero-order valence-electron chi connectivity index (χ0n) is 29.9. The number of halogens is 6. The van der Waals surface area contributed by atoms with Gasteiger partial charge in [-0.1, -0.05) is 92.8 Å². The fourth-order valence-electron chi connectivity index (χ4n) is 6.88. The molecular formula is C47H36F6N2. The van der Waals surface area contributed by atoms with Crippen molar-refractivity contribution >= 4 is 5.69 Å². The molecular weight excluding hydrogens is 707 g/mol. The molecule has 2 nitrogen and oxygen atoms in total. The van der Waals surface area contributed by atoms with Crippen molar-refractivity contribution in [1.82, 2.24) is 0 Å². The second kappa shape index (κ2) is 17.8. The summed E-state index contributed by atoms with van der Waals surface area (Å²) in [6.45, 7) is 7.06. The minimum atomic E-state index is -0.751. The highest BCUT2D eigenvalue weighted by Crippen LogP contribution is 2.34. The fraction of sp³-hybridized carbons (Fsp3) is 0.191. The summed E-state index contributed by atoms with van der Waals surface area (Å²) >= 11 is 0. The molecule has 0 amide bonds. The summed E-state index contributed by atoms with van der Waals surface area (Å²) in [4.78, 5) is 3.33. The van der Waals surface area contributed by atoms with Gasteiger partial charge < -0.3 is 0 Å². The summed E-state index contributed by atoms with van der Waals surface area (Å²) in [5.41, 5.74) is 3.24. The first-order chi connectivity index (χ1) is 26.6. The van der Waals surface area contributed by atoms with Crippen LogP contribution in [-0.4, -0.2) is 0 Å². The van der Waals surface area contributed by atoms with E-state index in [0.717, 1.165) is 57.1 Å². The van der Waals surface area contributed by atoms with Crippen molar-refractivity contribution in [2.45, 2.75) is 57.8 Å². The number of hydrogen-bond acceptors (Lipinski definition) is 1. The molecule has 55 heavy (non-hydrogen) atoms. The van der Waals surface area contributed by atoms with Crippen LogP contribution in [0.1, 0.15) is 61.6 Å². The maximum atomic E-state index is 15.1. The van der Waals surface area contributed by atoms with Crippen LogP contribution in [0.3, 0.4) is 0 Å². The summed E-state index contributed by atoms with van der Waals surface area (Å²) in [5, 5.41) is 8.98. The van der Waals surface area contributed by atoms with Crippen LogP contribution in [0.2, 0.25) is 0 Å². The van der Waals surface area contributed by atoms with Gasteiger partial charge in [0.05, 0.1) is 29.3 Å². The molecule has 0 aliphatic carbocycles. The molecule has 0 bridgehead atoms.